The number of hydrogen-bond donors (Lipinski definition) is 9. The van der Waals surface area contributed by atoms with Crippen molar-refractivity contribution in [1.29, 1.82) is 0 Å². The summed E-state index contributed by atoms with van der Waals surface area (Å²) >= 11 is 0. The minimum atomic E-state index is -1.79. The van der Waals surface area contributed by atoms with Gasteiger partial charge in [0.15, 0.2) is 12.6 Å². The first kappa shape index (κ1) is 54.3. The van der Waals surface area contributed by atoms with E-state index in [-0.39, 0.29) is 18.9 Å². The fraction of sp³-hybridized carbons (Fsp3) is 0.848. The van der Waals surface area contributed by atoms with Gasteiger partial charge in [0.1, 0.15) is 48.8 Å². The lowest BCUT2D eigenvalue weighted by molar-refractivity contribution is -0.359. The molecule has 12 atom stereocenters. The number of unbranched alkanes of at least 4 members (excludes halogenated alkanes) is 18. The molecule has 2 saturated heterocycles. The van der Waals surface area contributed by atoms with Crippen LogP contribution in [0, 0.1) is 0 Å². The zero-order valence-corrected chi connectivity index (χ0v) is 36.7. The molecule has 0 spiro atoms. The monoisotopic (exact) mass is 858 g/mol. The van der Waals surface area contributed by atoms with Crippen LogP contribution >= 0.6 is 0 Å². The van der Waals surface area contributed by atoms with Crippen LogP contribution in [0.4, 0.5) is 0 Å². The molecule has 2 heterocycles. The van der Waals surface area contributed by atoms with Gasteiger partial charge >= 0.3 is 0 Å². The topological polar surface area (TPSA) is 228 Å². The number of rotatable bonds is 34. The molecule has 350 valence electrons. The van der Waals surface area contributed by atoms with Gasteiger partial charge in [-0.3, -0.25) is 4.79 Å². The maximum Gasteiger partial charge on any atom is 0.220 e. The van der Waals surface area contributed by atoms with E-state index in [1.165, 1.54) is 83.5 Å². The Morgan fingerprint density at radius 3 is 1.63 bits per heavy atom. The van der Waals surface area contributed by atoms with Gasteiger partial charge in [0.05, 0.1) is 32.0 Å². The summed E-state index contributed by atoms with van der Waals surface area (Å²) in [5.74, 6) is -0.257. The smallest absolute Gasteiger partial charge is 0.220 e. The van der Waals surface area contributed by atoms with Crippen molar-refractivity contribution in [3.8, 4) is 0 Å². The summed E-state index contributed by atoms with van der Waals surface area (Å²) in [5, 5.41) is 86.3. The minimum absolute atomic E-state index is 0.257. The molecule has 12 unspecified atom stereocenters. The molecule has 0 aliphatic carbocycles. The molecular formula is C46H83NO13. The number of aliphatic hydroxyl groups excluding tert-OH is 8. The van der Waals surface area contributed by atoms with Gasteiger partial charge in [-0.25, -0.2) is 0 Å². The molecule has 14 heteroatoms. The Hall–Kier alpha value is -1.79. The molecule has 2 aliphatic heterocycles. The van der Waals surface area contributed by atoms with Crippen molar-refractivity contribution < 1.29 is 64.6 Å². The van der Waals surface area contributed by atoms with Crippen molar-refractivity contribution in [3.05, 3.63) is 36.5 Å². The number of amides is 1. The Kier molecular flexibility index (Phi) is 30.5. The molecule has 2 aliphatic rings. The van der Waals surface area contributed by atoms with E-state index in [9.17, 15) is 45.6 Å². The molecule has 2 fully saturated rings. The van der Waals surface area contributed by atoms with E-state index in [0.717, 1.165) is 38.5 Å². The van der Waals surface area contributed by atoms with E-state index in [4.69, 9.17) is 18.9 Å². The number of allylic oxidation sites excluding steroid dienone is 5. The molecule has 1 amide bonds. The summed E-state index contributed by atoms with van der Waals surface area (Å²) in [6.07, 6.45) is 19.4. The molecule has 2 rings (SSSR count). The zero-order valence-electron chi connectivity index (χ0n) is 36.7. The minimum Gasteiger partial charge on any atom is -0.394 e. The highest BCUT2D eigenvalue weighted by Gasteiger charge is 2.50. The largest absolute Gasteiger partial charge is 0.394 e. The second kappa shape index (κ2) is 33.7. The maximum absolute atomic E-state index is 13.1. The molecule has 0 aromatic rings. The van der Waals surface area contributed by atoms with Gasteiger partial charge in [0.2, 0.25) is 5.91 Å². The third kappa shape index (κ3) is 21.5. The molecule has 60 heavy (non-hydrogen) atoms. The van der Waals surface area contributed by atoms with E-state index in [1.54, 1.807) is 6.08 Å². The molecule has 0 aromatic carbocycles. The Balaban J connectivity index is 1.85. The average Bonchev–Trinajstić information content (AvgIpc) is 3.24. The lowest BCUT2D eigenvalue weighted by Gasteiger charge is -2.46. The summed E-state index contributed by atoms with van der Waals surface area (Å²) in [5.41, 5.74) is 0. The van der Waals surface area contributed by atoms with Crippen LogP contribution in [0.15, 0.2) is 36.5 Å². The lowest BCUT2D eigenvalue weighted by atomic mass is 9.97. The van der Waals surface area contributed by atoms with Gasteiger partial charge in [0, 0.05) is 6.42 Å². The van der Waals surface area contributed by atoms with E-state index in [2.05, 4.69) is 30.5 Å². The quantitative estimate of drug-likeness (QED) is 0.0315. The van der Waals surface area contributed by atoms with Crippen LogP contribution in [-0.2, 0) is 23.7 Å². The molecular weight excluding hydrogens is 774 g/mol. The Morgan fingerprint density at radius 2 is 1.10 bits per heavy atom. The number of nitrogens with one attached hydrogen (secondary N) is 1. The van der Waals surface area contributed by atoms with Crippen molar-refractivity contribution in [3.63, 3.8) is 0 Å². The molecule has 9 N–H and O–H groups in total. The van der Waals surface area contributed by atoms with Gasteiger partial charge in [-0.2, -0.15) is 0 Å². The van der Waals surface area contributed by atoms with Crippen LogP contribution in [0.25, 0.3) is 0 Å². The van der Waals surface area contributed by atoms with Crippen LogP contribution in [0.2, 0.25) is 0 Å². The summed E-state index contributed by atoms with van der Waals surface area (Å²) in [6, 6.07) is -0.931. The number of ether oxygens (including phenoxy) is 4. The molecule has 0 saturated carbocycles. The first-order valence-corrected chi connectivity index (χ1v) is 23.2. The van der Waals surface area contributed by atoms with Crippen LogP contribution in [0.1, 0.15) is 155 Å². The highest BCUT2D eigenvalue weighted by Crippen LogP contribution is 2.30. The zero-order chi connectivity index (χ0) is 44.0. The van der Waals surface area contributed by atoms with Crippen molar-refractivity contribution in [2.45, 2.75) is 229 Å². The highest BCUT2D eigenvalue weighted by atomic mass is 16.7. The predicted molar refractivity (Wildman–Crippen MR) is 231 cm³/mol. The molecule has 14 nitrogen and oxygen atoms in total. The summed E-state index contributed by atoms with van der Waals surface area (Å²) in [6.45, 7) is 2.50. The van der Waals surface area contributed by atoms with Gasteiger partial charge in [0.25, 0.3) is 0 Å². The van der Waals surface area contributed by atoms with Crippen molar-refractivity contribution in [2.24, 2.45) is 0 Å². The van der Waals surface area contributed by atoms with E-state index in [0.29, 0.717) is 12.8 Å². The second-order valence-corrected chi connectivity index (χ2v) is 16.5. The van der Waals surface area contributed by atoms with Crippen LogP contribution in [-0.4, -0.2) is 140 Å². The van der Waals surface area contributed by atoms with Crippen molar-refractivity contribution >= 4 is 5.91 Å². The fourth-order valence-corrected chi connectivity index (χ4v) is 7.56. The Morgan fingerprint density at radius 1 is 0.617 bits per heavy atom. The van der Waals surface area contributed by atoms with Crippen molar-refractivity contribution in [1.82, 2.24) is 5.32 Å². The number of aliphatic hydroxyl groups is 8. The average molecular weight is 858 g/mol. The van der Waals surface area contributed by atoms with Gasteiger partial charge in [-0.1, -0.05) is 146 Å². The predicted octanol–water partition coefficient (Wildman–Crippen LogP) is 4.76. The van der Waals surface area contributed by atoms with Crippen molar-refractivity contribution in [2.75, 3.05) is 19.8 Å². The SMILES string of the molecule is C/C=C/CC/C=C/CC/C=C/C(O)C(COC1OC(CO)C(OC2OC(CO)C(O)C(O)C2O)C(O)C1O)NC(=O)CCCCCCCCCCCCCCCCCCC. The first-order valence-electron chi connectivity index (χ1n) is 23.2. The van der Waals surface area contributed by atoms with Crippen LogP contribution < -0.4 is 5.32 Å². The van der Waals surface area contributed by atoms with E-state index >= 15 is 0 Å². The number of hydrogen-bond acceptors (Lipinski definition) is 13. The normalized spacial score (nSPS) is 28.6. The molecule has 0 bridgehead atoms. The third-order valence-electron chi connectivity index (χ3n) is 11.4. The third-order valence-corrected chi connectivity index (χ3v) is 11.4. The highest BCUT2D eigenvalue weighted by molar-refractivity contribution is 5.76. The van der Waals surface area contributed by atoms with Gasteiger partial charge in [-0.05, 0) is 39.0 Å². The second-order valence-electron chi connectivity index (χ2n) is 16.5. The lowest BCUT2D eigenvalue weighted by Crippen LogP contribution is -2.65. The van der Waals surface area contributed by atoms with Crippen LogP contribution in [0.3, 0.4) is 0 Å². The molecule has 0 radical (unpaired) electrons. The Bertz CT molecular complexity index is 1150. The van der Waals surface area contributed by atoms with Crippen LogP contribution in [0.5, 0.6) is 0 Å². The van der Waals surface area contributed by atoms with E-state index < -0.39 is 86.8 Å². The maximum atomic E-state index is 13.1. The Labute approximate surface area is 360 Å². The van der Waals surface area contributed by atoms with Gasteiger partial charge < -0.3 is 65.1 Å². The fourth-order valence-electron chi connectivity index (χ4n) is 7.56. The molecule has 0 aromatic heterocycles. The summed E-state index contributed by atoms with van der Waals surface area (Å²) < 4.78 is 22.6. The first-order chi connectivity index (χ1) is 29.1. The number of carbonyl (C=O) groups is 1. The van der Waals surface area contributed by atoms with E-state index in [1.807, 2.05) is 19.1 Å². The van der Waals surface area contributed by atoms with Gasteiger partial charge in [-0.15, -0.1) is 0 Å². The standard InChI is InChI=1S/C46H83NO13/c1-3-5-7-9-11-13-14-15-16-17-18-19-20-22-24-26-28-30-38(51)47-34(35(50)29-27-25-23-21-12-10-8-6-4-2)33-57-45-43(56)41(54)44(37(32-49)59-45)60-46-42(55)40(53)39(52)36(31-48)58-46/h4,6,12,21,27,29,34-37,39-46,48-50,52-56H,3,5,7-11,13-20,22-26,28,30-33H2,1-2H3,(H,47,51)/b6-4+,21-12+,29-27+. The number of carbonyl (C=O) groups excluding carboxylic acids is 1. The summed E-state index contributed by atoms with van der Waals surface area (Å²) in [4.78, 5) is 13.1. The summed E-state index contributed by atoms with van der Waals surface area (Å²) in [7, 11) is 0.